The Bertz CT molecular complexity index is 364. The Hall–Kier alpha value is -0.800. The van der Waals surface area contributed by atoms with Gasteiger partial charge in [-0.1, -0.05) is 0 Å². The van der Waals surface area contributed by atoms with Gasteiger partial charge in [0.15, 0.2) is 0 Å². The van der Waals surface area contributed by atoms with Crippen molar-refractivity contribution in [3.63, 3.8) is 0 Å². The Morgan fingerprint density at radius 2 is 2.35 bits per heavy atom. The molecule has 1 aliphatic rings. The molecule has 1 unspecified atom stereocenters. The van der Waals surface area contributed by atoms with Crippen molar-refractivity contribution in [1.29, 1.82) is 0 Å². The second kappa shape index (κ2) is 5.23. The molecule has 0 saturated carbocycles. The van der Waals surface area contributed by atoms with E-state index in [2.05, 4.69) is 18.8 Å². The summed E-state index contributed by atoms with van der Waals surface area (Å²) in [6.45, 7) is 4.82. The molecular weight excluding hydrogens is 238 g/mol. The highest BCUT2D eigenvalue weighted by atomic mass is 35.5. The molecule has 1 aromatic rings. The quantitative estimate of drug-likeness (QED) is 0.775. The zero-order valence-corrected chi connectivity index (χ0v) is 11.0. The largest absolute Gasteiger partial charge is 0.489 e. The third-order valence-electron chi connectivity index (χ3n) is 2.92. The van der Waals surface area contributed by atoms with Gasteiger partial charge in [-0.2, -0.15) is 0 Å². The number of hydrogen-bond donors (Lipinski definition) is 0. The van der Waals surface area contributed by atoms with E-state index < -0.39 is 0 Å². The lowest BCUT2D eigenvalue weighted by atomic mass is 10.1. The minimum atomic E-state index is -0.00520. The molecular formula is C13H18ClNO2. The summed E-state index contributed by atoms with van der Waals surface area (Å²) >= 11 is 5.67. The molecule has 2 heterocycles. The summed E-state index contributed by atoms with van der Waals surface area (Å²) in [7, 11) is 0. The zero-order valence-electron chi connectivity index (χ0n) is 10.3. The SMILES string of the molecule is CC1(C)CCC(COc2ccc(CCl)nc2)O1. The lowest BCUT2D eigenvalue weighted by molar-refractivity contribution is -0.0326. The molecule has 17 heavy (non-hydrogen) atoms. The van der Waals surface area contributed by atoms with E-state index in [1.54, 1.807) is 6.20 Å². The normalized spacial score (nSPS) is 22.6. The molecule has 0 bridgehead atoms. The average molecular weight is 256 g/mol. The first kappa shape index (κ1) is 12.7. The first-order valence-corrected chi connectivity index (χ1v) is 6.44. The highest BCUT2D eigenvalue weighted by Crippen LogP contribution is 2.29. The Morgan fingerprint density at radius 1 is 1.53 bits per heavy atom. The van der Waals surface area contributed by atoms with Gasteiger partial charge in [0.1, 0.15) is 12.4 Å². The number of halogens is 1. The Kier molecular flexibility index (Phi) is 3.89. The van der Waals surface area contributed by atoms with E-state index in [1.807, 2.05) is 12.1 Å². The average Bonchev–Trinajstić information content (AvgIpc) is 2.67. The molecule has 2 rings (SSSR count). The first-order chi connectivity index (χ1) is 8.09. The molecule has 0 amide bonds. The molecule has 1 aromatic heterocycles. The zero-order chi connectivity index (χ0) is 12.3. The highest BCUT2D eigenvalue weighted by Gasteiger charge is 2.31. The van der Waals surface area contributed by atoms with Crippen LogP contribution in [0, 0.1) is 0 Å². The molecule has 1 aliphatic heterocycles. The number of pyridine rings is 1. The van der Waals surface area contributed by atoms with Gasteiger partial charge in [-0.3, -0.25) is 4.98 Å². The Morgan fingerprint density at radius 3 is 2.88 bits per heavy atom. The lowest BCUT2D eigenvalue weighted by Crippen LogP contribution is -2.23. The van der Waals surface area contributed by atoms with Crippen molar-refractivity contribution in [3.05, 3.63) is 24.0 Å². The number of aromatic nitrogens is 1. The van der Waals surface area contributed by atoms with Crippen LogP contribution in [0.4, 0.5) is 0 Å². The van der Waals surface area contributed by atoms with Crippen LogP contribution in [0.25, 0.3) is 0 Å². The third kappa shape index (κ3) is 3.58. The van der Waals surface area contributed by atoms with Gasteiger partial charge in [0.25, 0.3) is 0 Å². The van der Waals surface area contributed by atoms with Crippen molar-refractivity contribution in [3.8, 4) is 5.75 Å². The molecule has 4 heteroatoms. The number of hydrogen-bond acceptors (Lipinski definition) is 3. The predicted octanol–water partition coefficient (Wildman–Crippen LogP) is 3.16. The number of ether oxygens (including phenoxy) is 2. The van der Waals surface area contributed by atoms with Crippen molar-refractivity contribution < 1.29 is 9.47 Å². The smallest absolute Gasteiger partial charge is 0.137 e. The first-order valence-electron chi connectivity index (χ1n) is 5.90. The van der Waals surface area contributed by atoms with E-state index in [9.17, 15) is 0 Å². The fraction of sp³-hybridized carbons (Fsp3) is 0.615. The van der Waals surface area contributed by atoms with Gasteiger partial charge >= 0.3 is 0 Å². The monoisotopic (exact) mass is 255 g/mol. The topological polar surface area (TPSA) is 31.4 Å². The summed E-state index contributed by atoms with van der Waals surface area (Å²) in [5.41, 5.74) is 0.853. The maximum atomic E-state index is 5.85. The van der Waals surface area contributed by atoms with Gasteiger partial charge in [0.2, 0.25) is 0 Å². The Labute approximate surface area is 107 Å². The third-order valence-corrected chi connectivity index (χ3v) is 3.20. The standard InChI is InChI=1S/C13H18ClNO2/c1-13(2)6-5-12(17-13)9-16-11-4-3-10(7-14)15-8-11/h3-4,8,12H,5-7,9H2,1-2H3. The van der Waals surface area contributed by atoms with Crippen molar-refractivity contribution >= 4 is 11.6 Å². The summed E-state index contributed by atoms with van der Waals surface area (Å²) in [5.74, 6) is 1.20. The van der Waals surface area contributed by atoms with Crippen LogP contribution in [0.15, 0.2) is 18.3 Å². The molecule has 0 radical (unpaired) electrons. The van der Waals surface area contributed by atoms with E-state index in [1.165, 1.54) is 0 Å². The van der Waals surface area contributed by atoms with Gasteiger partial charge in [0.05, 0.1) is 29.5 Å². The van der Waals surface area contributed by atoms with E-state index >= 15 is 0 Å². The van der Waals surface area contributed by atoms with Gasteiger partial charge in [-0.25, -0.2) is 0 Å². The number of nitrogens with zero attached hydrogens (tertiary/aromatic N) is 1. The molecule has 0 N–H and O–H groups in total. The van der Waals surface area contributed by atoms with Crippen molar-refractivity contribution in [2.24, 2.45) is 0 Å². The number of alkyl halides is 1. The molecule has 1 saturated heterocycles. The van der Waals surface area contributed by atoms with Crippen molar-refractivity contribution in [2.75, 3.05) is 6.61 Å². The van der Waals surface area contributed by atoms with E-state index in [4.69, 9.17) is 21.1 Å². The summed E-state index contributed by atoms with van der Waals surface area (Å²) in [5, 5.41) is 0. The summed E-state index contributed by atoms with van der Waals surface area (Å²) in [4.78, 5) is 4.17. The Balaban J connectivity index is 1.82. The van der Waals surface area contributed by atoms with Gasteiger partial charge in [-0.05, 0) is 38.8 Å². The van der Waals surface area contributed by atoms with Crippen LogP contribution in [0.3, 0.4) is 0 Å². The van der Waals surface area contributed by atoms with Crippen LogP contribution >= 0.6 is 11.6 Å². The van der Waals surface area contributed by atoms with Crippen molar-refractivity contribution in [2.45, 2.75) is 44.3 Å². The summed E-state index contributed by atoms with van der Waals surface area (Å²) in [6.07, 6.45) is 4.04. The van der Waals surface area contributed by atoms with Gasteiger partial charge in [0, 0.05) is 0 Å². The van der Waals surface area contributed by atoms with Crippen molar-refractivity contribution in [1.82, 2.24) is 4.98 Å². The maximum absolute atomic E-state index is 5.85. The van der Waals surface area contributed by atoms with E-state index in [0.29, 0.717) is 12.5 Å². The van der Waals surface area contributed by atoms with Crippen LogP contribution in [0.1, 0.15) is 32.4 Å². The van der Waals surface area contributed by atoms with Crippen LogP contribution in [-0.2, 0) is 10.6 Å². The lowest BCUT2D eigenvalue weighted by Gasteiger charge is -2.19. The van der Waals surface area contributed by atoms with Crippen LogP contribution in [0.2, 0.25) is 0 Å². The summed E-state index contributed by atoms with van der Waals surface area (Å²) in [6, 6.07) is 3.77. The second-order valence-corrected chi connectivity index (χ2v) is 5.24. The van der Waals surface area contributed by atoms with E-state index in [-0.39, 0.29) is 11.7 Å². The van der Waals surface area contributed by atoms with Crippen LogP contribution in [0.5, 0.6) is 5.75 Å². The fourth-order valence-electron chi connectivity index (χ4n) is 1.96. The minimum absolute atomic E-state index is 0.00520. The van der Waals surface area contributed by atoms with Gasteiger partial charge in [-0.15, -0.1) is 11.6 Å². The minimum Gasteiger partial charge on any atom is -0.489 e. The predicted molar refractivity (Wildman–Crippen MR) is 67.5 cm³/mol. The van der Waals surface area contributed by atoms with Gasteiger partial charge < -0.3 is 9.47 Å². The highest BCUT2D eigenvalue weighted by molar-refractivity contribution is 6.16. The molecule has 0 spiro atoms. The maximum Gasteiger partial charge on any atom is 0.137 e. The fourth-order valence-corrected chi connectivity index (χ4v) is 2.12. The molecule has 1 atom stereocenters. The van der Waals surface area contributed by atoms with E-state index in [0.717, 1.165) is 24.3 Å². The molecule has 3 nitrogen and oxygen atoms in total. The van der Waals surface area contributed by atoms with Crippen LogP contribution in [-0.4, -0.2) is 23.3 Å². The molecule has 0 aromatic carbocycles. The second-order valence-electron chi connectivity index (χ2n) is 4.97. The van der Waals surface area contributed by atoms with Crippen LogP contribution < -0.4 is 4.74 Å². The molecule has 0 aliphatic carbocycles. The molecule has 1 fully saturated rings. The number of rotatable bonds is 4. The summed E-state index contributed by atoms with van der Waals surface area (Å²) < 4.78 is 11.5. The molecule has 94 valence electrons.